The van der Waals surface area contributed by atoms with E-state index >= 15 is 0 Å². The molecule has 0 bridgehead atoms. The second-order valence-corrected chi connectivity index (χ2v) is 7.13. The van der Waals surface area contributed by atoms with Gasteiger partial charge in [0, 0.05) is 16.9 Å². The zero-order chi connectivity index (χ0) is 16.1. The van der Waals surface area contributed by atoms with Crippen LogP contribution in [-0.4, -0.2) is 16.8 Å². The average molecular weight is 330 g/mol. The topological polar surface area (TPSA) is 55.1 Å². The molecule has 0 radical (unpaired) electrons. The van der Waals surface area contributed by atoms with Crippen molar-refractivity contribution in [3.8, 4) is 0 Å². The van der Waals surface area contributed by atoms with E-state index in [2.05, 4.69) is 41.7 Å². The number of hydrogen-bond donors (Lipinski definition) is 1. The number of hydrogen-bond acceptors (Lipinski definition) is 4. The molecule has 1 aliphatic carbocycles. The fourth-order valence-electron chi connectivity index (χ4n) is 2.74. The van der Waals surface area contributed by atoms with E-state index in [0.29, 0.717) is 12.3 Å². The molecule has 5 heteroatoms. The lowest BCUT2D eigenvalue weighted by Gasteiger charge is -2.09. The maximum Gasteiger partial charge on any atom is 0.234 e. The van der Waals surface area contributed by atoms with Gasteiger partial charge >= 0.3 is 0 Å². The van der Waals surface area contributed by atoms with Gasteiger partial charge in [0.15, 0.2) is 0 Å². The molecule has 1 aliphatic rings. The van der Waals surface area contributed by atoms with Gasteiger partial charge in [0.1, 0.15) is 0 Å². The van der Waals surface area contributed by atoms with Crippen LogP contribution in [0, 0.1) is 6.92 Å². The summed E-state index contributed by atoms with van der Waals surface area (Å²) in [4.78, 5) is 13.3. The minimum Gasteiger partial charge on any atom is -0.338 e. The Hall–Kier alpha value is -1.75. The maximum absolute atomic E-state index is 12.0. The van der Waals surface area contributed by atoms with Crippen molar-refractivity contribution in [2.75, 3.05) is 11.1 Å². The molecule has 0 saturated heterocycles. The summed E-state index contributed by atoms with van der Waals surface area (Å²) in [5.74, 6) is 1.51. The number of thioether (sulfide) groups is 1. The van der Waals surface area contributed by atoms with Crippen molar-refractivity contribution < 1.29 is 9.32 Å². The Morgan fingerprint density at radius 2 is 2.04 bits per heavy atom. The number of benzene rings is 1. The fraction of sp³-hybridized carbons (Fsp3) is 0.444. The summed E-state index contributed by atoms with van der Waals surface area (Å²) in [7, 11) is 0. The highest BCUT2D eigenvalue weighted by molar-refractivity contribution is 7.99. The molecule has 4 nitrogen and oxygen atoms in total. The Morgan fingerprint density at radius 3 is 2.87 bits per heavy atom. The molecule has 0 atom stereocenters. The molecule has 3 rings (SSSR count). The molecule has 1 heterocycles. The van der Waals surface area contributed by atoms with Crippen LogP contribution < -0.4 is 5.32 Å². The summed E-state index contributed by atoms with van der Waals surface area (Å²) in [5, 5.41) is 6.94. The molecule has 0 fully saturated rings. The summed E-state index contributed by atoms with van der Waals surface area (Å²) >= 11 is 1.79. The van der Waals surface area contributed by atoms with E-state index < -0.39 is 0 Å². The van der Waals surface area contributed by atoms with Crippen LogP contribution in [-0.2, 0) is 17.6 Å². The third-order valence-electron chi connectivity index (χ3n) is 4.05. The molecule has 122 valence electrons. The highest BCUT2D eigenvalue weighted by Gasteiger charge is 2.20. The molecule has 0 aliphatic heterocycles. The normalized spacial score (nSPS) is 13.6. The Morgan fingerprint density at radius 1 is 1.26 bits per heavy atom. The monoisotopic (exact) mass is 330 g/mol. The zero-order valence-corrected chi connectivity index (χ0v) is 14.2. The molecule has 2 aromatic rings. The standard InChI is InChI=1S/C18H22N2O2S/c1-13-8-10-14(11-9-13)23-12-4-7-17(21)19-18-15-5-2-3-6-16(15)20-22-18/h8-11H,2-7,12H2,1H3,(H,19,21). The summed E-state index contributed by atoms with van der Waals surface area (Å²) in [6, 6.07) is 8.48. The van der Waals surface area contributed by atoms with E-state index in [4.69, 9.17) is 4.52 Å². The van der Waals surface area contributed by atoms with Gasteiger partial charge in [0.05, 0.1) is 5.69 Å². The molecule has 0 saturated carbocycles. The zero-order valence-electron chi connectivity index (χ0n) is 13.4. The van der Waals surface area contributed by atoms with Crippen LogP contribution in [0.1, 0.15) is 42.5 Å². The minimum absolute atomic E-state index is 0.0130. The first-order valence-electron chi connectivity index (χ1n) is 8.19. The first-order chi connectivity index (χ1) is 11.2. The second kappa shape index (κ2) is 7.68. The van der Waals surface area contributed by atoms with E-state index in [1.807, 2.05) is 0 Å². The number of carbonyl (C=O) groups is 1. The molecule has 1 aromatic heterocycles. The van der Waals surface area contributed by atoms with Gasteiger partial charge < -0.3 is 4.52 Å². The van der Waals surface area contributed by atoms with Crippen molar-refractivity contribution in [3.05, 3.63) is 41.1 Å². The first-order valence-corrected chi connectivity index (χ1v) is 9.17. The van der Waals surface area contributed by atoms with Gasteiger partial charge in [-0.15, -0.1) is 11.8 Å². The molecular weight excluding hydrogens is 308 g/mol. The highest BCUT2D eigenvalue weighted by atomic mass is 32.2. The third-order valence-corrected chi connectivity index (χ3v) is 5.15. The minimum atomic E-state index is 0.0130. The number of fused-ring (bicyclic) bond motifs is 1. The molecule has 1 aromatic carbocycles. The van der Waals surface area contributed by atoms with Crippen molar-refractivity contribution in [2.24, 2.45) is 0 Å². The van der Waals surface area contributed by atoms with E-state index in [1.54, 1.807) is 11.8 Å². The fourth-order valence-corrected chi connectivity index (χ4v) is 3.59. The van der Waals surface area contributed by atoms with Crippen LogP contribution in [0.5, 0.6) is 0 Å². The predicted octanol–water partition coefficient (Wildman–Crippen LogP) is 4.37. The Balaban J connectivity index is 1.41. The average Bonchev–Trinajstić information content (AvgIpc) is 2.96. The van der Waals surface area contributed by atoms with Crippen LogP contribution in [0.2, 0.25) is 0 Å². The summed E-state index contributed by atoms with van der Waals surface area (Å²) in [6.07, 6.45) is 5.57. The first kappa shape index (κ1) is 16.1. The predicted molar refractivity (Wildman–Crippen MR) is 92.9 cm³/mol. The number of amides is 1. The second-order valence-electron chi connectivity index (χ2n) is 5.96. The van der Waals surface area contributed by atoms with Crippen LogP contribution in [0.15, 0.2) is 33.7 Å². The van der Waals surface area contributed by atoms with E-state index in [1.165, 1.54) is 10.5 Å². The van der Waals surface area contributed by atoms with Gasteiger partial charge in [0.2, 0.25) is 11.8 Å². The van der Waals surface area contributed by atoms with Gasteiger partial charge in [-0.1, -0.05) is 22.9 Å². The smallest absolute Gasteiger partial charge is 0.234 e. The van der Waals surface area contributed by atoms with Gasteiger partial charge in [-0.25, -0.2) is 0 Å². The lowest BCUT2D eigenvalue weighted by Crippen LogP contribution is -2.13. The van der Waals surface area contributed by atoms with Crippen LogP contribution in [0.25, 0.3) is 0 Å². The van der Waals surface area contributed by atoms with E-state index in [9.17, 15) is 4.79 Å². The molecule has 1 N–H and O–H groups in total. The van der Waals surface area contributed by atoms with Gasteiger partial charge in [-0.3, -0.25) is 10.1 Å². The summed E-state index contributed by atoms with van der Waals surface area (Å²) < 4.78 is 5.29. The molecule has 23 heavy (non-hydrogen) atoms. The quantitative estimate of drug-likeness (QED) is 0.631. The van der Waals surface area contributed by atoms with Gasteiger partial charge in [-0.2, -0.15) is 0 Å². The van der Waals surface area contributed by atoms with E-state index in [0.717, 1.165) is 49.1 Å². The highest BCUT2D eigenvalue weighted by Crippen LogP contribution is 2.27. The lowest BCUT2D eigenvalue weighted by molar-refractivity contribution is -0.116. The van der Waals surface area contributed by atoms with Crippen molar-refractivity contribution >= 4 is 23.6 Å². The van der Waals surface area contributed by atoms with Crippen LogP contribution >= 0.6 is 11.8 Å². The lowest BCUT2D eigenvalue weighted by atomic mass is 9.98. The number of nitrogens with zero attached hydrogens (tertiary/aromatic N) is 1. The molecule has 0 spiro atoms. The molecule has 1 amide bonds. The largest absolute Gasteiger partial charge is 0.338 e. The number of rotatable bonds is 6. The van der Waals surface area contributed by atoms with Crippen LogP contribution in [0.3, 0.4) is 0 Å². The van der Waals surface area contributed by atoms with Crippen molar-refractivity contribution in [1.82, 2.24) is 5.16 Å². The molecular formula is C18H22N2O2S. The number of carbonyl (C=O) groups excluding carboxylic acids is 1. The van der Waals surface area contributed by atoms with E-state index in [-0.39, 0.29) is 5.91 Å². The van der Waals surface area contributed by atoms with Crippen molar-refractivity contribution in [1.29, 1.82) is 0 Å². The van der Waals surface area contributed by atoms with Gasteiger partial charge in [0.25, 0.3) is 0 Å². The Kier molecular flexibility index (Phi) is 5.39. The van der Waals surface area contributed by atoms with Gasteiger partial charge in [-0.05, 0) is 56.9 Å². The number of aryl methyl sites for hydroxylation is 2. The maximum atomic E-state index is 12.0. The SMILES string of the molecule is Cc1ccc(SCCCC(=O)Nc2onc3c2CCCC3)cc1. The number of aromatic nitrogens is 1. The summed E-state index contributed by atoms with van der Waals surface area (Å²) in [5.41, 5.74) is 3.38. The summed E-state index contributed by atoms with van der Waals surface area (Å²) in [6.45, 7) is 2.08. The van der Waals surface area contributed by atoms with Crippen molar-refractivity contribution in [3.63, 3.8) is 0 Å². The third kappa shape index (κ3) is 4.38. The number of nitrogens with one attached hydrogen (secondary N) is 1. The molecule has 0 unspecified atom stereocenters. The van der Waals surface area contributed by atoms with Crippen LogP contribution in [0.4, 0.5) is 5.88 Å². The number of anilines is 1. The Labute approximate surface area is 141 Å². The Bertz CT molecular complexity index is 664. The van der Waals surface area contributed by atoms with Crippen molar-refractivity contribution in [2.45, 2.75) is 50.3 Å².